The number of hydrogen-bond acceptors (Lipinski definition) is 5. The first kappa shape index (κ1) is 17.0. The fourth-order valence-electron chi connectivity index (χ4n) is 2.73. The molecule has 27 heavy (non-hydrogen) atoms. The van der Waals surface area contributed by atoms with Gasteiger partial charge < -0.3 is 14.2 Å². The Bertz CT molecular complexity index is 1040. The second-order valence-corrected chi connectivity index (χ2v) is 5.87. The summed E-state index contributed by atoms with van der Waals surface area (Å²) in [6.45, 7) is 0.229. The third-order valence-electron chi connectivity index (χ3n) is 4.06. The van der Waals surface area contributed by atoms with Crippen molar-refractivity contribution in [1.29, 1.82) is 0 Å². The summed E-state index contributed by atoms with van der Waals surface area (Å²) in [5.41, 5.74) is 1.46. The molecule has 136 valence electrons. The summed E-state index contributed by atoms with van der Waals surface area (Å²) in [5.74, 6) is -1.15. The van der Waals surface area contributed by atoms with E-state index in [-0.39, 0.29) is 23.8 Å². The smallest absolute Gasteiger partial charge is 0.363 e. The quantitative estimate of drug-likeness (QED) is 0.612. The van der Waals surface area contributed by atoms with E-state index in [0.29, 0.717) is 23.1 Å². The van der Waals surface area contributed by atoms with Gasteiger partial charge in [0.2, 0.25) is 5.90 Å². The molecular weight excluding hydrogens is 356 g/mol. The van der Waals surface area contributed by atoms with Crippen LogP contribution in [0.3, 0.4) is 0 Å². The molecule has 0 amide bonds. The second-order valence-electron chi connectivity index (χ2n) is 5.87. The van der Waals surface area contributed by atoms with Gasteiger partial charge in [-0.3, -0.25) is 0 Å². The molecule has 0 saturated carbocycles. The van der Waals surface area contributed by atoms with Crippen molar-refractivity contribution < 1.29 is 27.8 Å². The highest BCUT2D eigenvalue weighted by molar-refractivity contribution is 6.11. The molecule has 0 aromatic heterocycles. The number of carbonyl (C=O) groups excluding carboxylic acids is 1. The number of aliphatic imine (C=N–C) groups is 1. The highest BCUT2D eigenvalue weighted by atomic mass is 19.1. The van der Waals surface area contributed by atoms with Gasteiger partial charge in [0, 0.05) is 17.7 Å². The molecule has 4 rings (SSSR count). The first-order valence-electron chi connectivity index (χ1n) is 8.03. The van der Waals surface area contributed by atoms with Gasteiger partial charge in [0.15, 0.2) is 5.70 Å². The normalized spacial score (nSPS) is 17.0. The Morgan fingerprint density at radius 1 is 1.19 bits per heavy atom. The van der Waals surface area contributed by atoms with E-state index < -0.39 is 17.6 Å². The third kappa shape index (κ3) is 3.31. The molecule has 0 atom stereocenters. The fourth-order valence-corrected chi connectivity index (χ4v) is 2.73. The molecule has 0 spiro atoms. The maximum atomic E-state index is 13.9. The zero-order valence-corrected chi connectivity index (χ0v) is 14.2. The topological polar surface area (TPSA) is 57.1 Å². The SMILES string of the molecule is COc1ccc2c(c1)OCC(/C=C1/N=C(c3ccc(F)cc3F)OC1=O)=C2. The van der Waals surface area contributed by atoms with E-state index in [9.17, 15) is 13.6 Å². The molecule has 0 aliphatic carbocycles. The first-order chi connectivity index (χ1) is 13.0. The van der Waals surface area contributed by atoms with Crippen molar-refractivity contribution in [2.75, 3.05) is 13.7 Å². The number of halogens is 2. The maximum Gasteiger partial charge on any atom is 0.363 e. The summed E-state index contributed by atoms with van der Waals surface area (Å²) in [6.07, 6.45) is 3.37. The monoisotopic (exact) mass is 369 g/mol. The fraction of sp³-hybridized carbons (Fsp3) is 0.100. The number of cyclic esters (lactones) is 1. The van der Waals surface area contributed by atoms with Crippen molar-refractivity contribution in [1.82, 2.24) is 0 Å². The number of ether oxygens (including phenoxy) is 3. The first-order valence-corrected chi connectivity index (χ1v) is 8.03. The van der Waals surface area contributed by atoms with E-state index in [0.717, 1.165) is 11.6 Å². The zero-order chi connectivity index (χ0) is 19.0. The van der Waals surface area contributed by atoms with Gasteiger partial charge in [0.25, 0.3) is 0 Å². The molecule has 5 nitrogen and oxygen atoms in total. The molecule has 2 aliphatic rings. The van der Waals surface area contributed by atoms with E-state index in [2.05, 4.69) is 4.99 Å². The van der Waals surface area contributed by atoms with Crippen LogP contribution in [0, 0.1) is 11.6 Å². The number of fused-ring (bicyclic) bond motifs is 1. The highest BCUT2D eigenvalue weighted by Crippen LogP contribution is 2.31. The predicted octanol–water partition coefficient (Wildman–Crippen LogP) is 3.64. The van der Waals surface area contributed by atoms with Crippen molar-refractivity contribution in [3.63, 3.8) is 0 Å². The molecule has 0 fully saturated rings. The summed E-state index contributed by atoms with van der Waals surface area (Å²) in [7, 11) is 1.57. The third-order valence-corrected chi connectivity index (χ3v) is 4.06. The van der Waals surface area contributed by atoms with Crippen LogP contribution in [0.5, 0.6) is 11.5 Å². The number of hydrogen-bond donors (Lipinski definition) is 0. The minimum Gasteiger partial charge on any atom is -0.497 e. The van der Waals surface area contributed by atoms with Crippen LogP contribution in [0.25, 0.3) is 6.08 Å². The molecule has 0 radical (unpaired) electrons. The van der Waals surface area contributed by atoms with E-state index >= 15 is 0 Å². The lowest BCUT2D eigenvalue weighted by atomic mass is 10.1. The van der Waals surface area contributed by atoms with Gasteiger partial charge >= 0.3 is 5.97 Å². The summed E-state index contributed by atoms with van der Waals surface area (Å²) in [6, 6.07) is 8.35. The van der Waals surface area contributed by atoms with E-state index in [1.807, 2.05) is 12.1 Å². The Labute approximate surface area is 153 Å². The molecule has 2 aromatic carbocycles. The number of rotatable bonds is 3. The highest BCUT2D eigenvalue weighted by Gasteiger charge is 2.27. The number of esters is 1. The maximum absolute atomic E-state index is 13.9. The van der Waals surface area contributed by atoms with Crippen LogP contribution in [0.2, 0.25) is 0 Å². The van der Waals surface area contributed by atoms with Crippen LogP contribution in [0.15, 0.2) is 58.7 Å². The van der Waals surface area contributed by atoms with Gasteiger partial charge in [-0.2, -0.15) is 0 Å². The van der Waals surface area contributed by atoms with Gasteiger partial charge in [-0.25, -0.2) is 18.6 Å². The second kappa shape index (κ2) is 6.68. The number of nitrogens with zero attached hydrogens (tertiary/aromatic N) is 1. The van der Waals surface area contributed by atoms with Crippen molar-refractivity contribution in [3.8, 4) is 11.5 Å². The van der Waals surface area contributed by atoms with Crippen molar-refractivity contribution in [2.45, 2.75) is 0 Å². The Balaban J connectivity index is 1.64. The van der Waals surface area contributed by atoms with Crippen LogP contribution in [-0.4, -0.2) is 25.6 Å². The Morgan fingerprint density at radius 2 is 2.04 bits per heavy atom. The van der Waals surface area contributed by atoms with Crippen LogP contribution < -0.4 is 9.47 Å². The van der Waals surface area contributed by atoms with Gasteiger partial charge in [-0.15, -0.1) is 0 Å². The predicted molar refractivity (Wildman–Crippen MR) is 93.5 cm³/mol. The van der Waals surface area contributed by atoms with Gasteiger partial charge in [0.1, 0.15) is 29.7 Å². The van der Waals surface area contributed by atoms with Crippen molar-refractivity contribution in [3.05, 3.63) is 76.5 Å². The summed E-state index contributed by atoms with van der Waals surface area (Å²) < 4.78 is 42.8. The minimum absolute atomic E-state index is 0.0144. The lowest BCUT2D eigenvalue weighted by Gasteiger charge is -2.16. The van der Waals surface area contributed by atoms with Crippen LogP contribution in [0.1, 0.15) is 11.1 Å². The number of benzene rings is 2. The molecule has 2 aromatic rings. The van der Waals surface area contributed by atoms with Crippen LogP contribution >= 0.6 is 0 Å². The molecular formula is C20H13F2NO4. The minimum atomic E-state index is -0.856. The number of carbonyl (C=O) groups is 1. The molecule has 0 unspecified atom stereocenters. The Hall–Kier alpha value is -3.48. The van der Waals surface area contributed by atoms with E-state index in [1.165, 1.54) is 12.1 Å². The van der Waals surface area contributed by atoms with Gasteiger partial charge in [-0.05, 0) is 42.0 Å². The molecule has 0 N–H and O–H groups in total. The molecule has 0 saturated heterocycles. The summed E-state index contributed by atoms with van der Waals surface area (Å²) >= 11 is 0. The molecule has 2 heterocycles. The van der Waals surface area contributed by atoms with Gasteiger partial charge in [-0.1, -0.05) is 0 Å². The van der Waals surface area contributed by atoms with Gasteiger partial charge in [0.05, 0.1) is 12.7 Å². The lowest BCUT2D eigenvalue weighted by Crippen LogP contribution is -2.09. The van der Waals surface area contributed by atoms with E-state index in [4.69, 9.17) is 14.2 Å². The van der Waals surface area contributed by atoms with Crippen LogP contribution in [-0.2, 0) is 9.53 Å². The summed E-state index contributed by atoms with van der Waals surface area (Å²) in [5, 5.41) is 0. The lowest BCUT2D eigenvalue weighted by molar-refractivity contribution is -0.130. The Morgan fingerprint density at radius 3 is 2.81 bits per heavy atom. The van der Waals surface area contributed by atoms with Crippen molar-refractivity contribution >= 4 is 17.9 Å². The zero-order valence-electron chi connectivity index (χ0n) is 14.2. The van der Waals surface area contributed by atoms with E-state index in [1.54, 1.807) is 19.2 Å². The Kier molecular flexibility index (Phi) is 4.19. The largest absolute Gasteiger partial charge is 0.497 e. The summed E-state index contributed by atoms with van der Waals surface area (Å²) in [4.78, 5) is 16.1. The van der Waals surface area contributed by atoms with Crippen LogP contribution in [0.4, 0.5) is 8.78 Å². The molecule has 2 aliphatic heterocycles. The van der Waals surface area contributed by atoms with Crippen molar-refractivity contribution in [2.24, 2.45) is 4.99 Å². The number of methoxy groups -OCH3 is 1. The molecule has 7 heteroatoms. The average molecular weight is 369 g/mol. The molecule has 0 bridgehead atoms. The standard InChI is InChI=1S/C20H13F2NO4/c1-25-14-4-2-12-6-11(10-26-18(12)9-14)7-17-20(24)27-19(23-17)15-5-3-13(21)8-16(15)22/h2-9H,10H2,1H3/b17-7+. The average Bonchev–Trinajstić information content (AvgIpc) is 3.01.